The molecule has 10 nitrogen and oxygen atoms in total. The zero-order valence-corrected chi connectivity index (χ0v) is 20.7. The third-order valence-corrected chi connectivity index (χ3v) is 6.77. The monoisotopic (exact) mass is 502 g/mol. The molecule has 180 valence electrons. The van der Waals surface area contributed by atoms with Crippen LogP contribution in [0.1, 0.15) is 32.8 Å². The second kappa shape index (κ2) is 11.8. The van der Waals surface area contributed by atoms with Gasteiger partial charge in [0.15, 0.2) is 16.1 Å². The molecule has 0 fully saturated rings. The van der Waals surface area contributed by atoms with Gasteiger partial charge in [0.2, 0.25) is 5.91 Å². The number of aliphatic hydroxyl groups excluding tert-OH is 1. The minimum atomic E-state index is -0.800. The van der Waals surface area contributed by atoms with Crippen LogP contribution >= 0.6 is 23.1 Å². The van der Waals surface area contributed by atoms with Crippen molar-refractivity contribution in [3.63, 3.8) is 0 Å². The molecule has 2 heterocycles. The number of anilines is 1. The number of aromatic nitrogens is 4. The molecule has 3 N–H and O–H groups in total. The van der Waals surface area contributed by atoms with Gasteiger partial charge in [0.1, 0.15) is 11.8 Å². The summed E-state index contributed by atoms with van der Waals surface area (Å²) in [5.74, 6) is 0.484. The highest BCUT2D eigenvalue weighted by Gasteiger charge is 2.23. The standard InChI is InChI=1S/C22H26N6O4S2/c1-5-10-28-19(17(11-29)24-20(31)15-6-8-16(32-4)9-7-15)26-27-22(28)33-12-18(30)25-21-23-13(2)14(3)34-21/h5-9,17,29H,1,10-12H2,2-4H3,(H,24,31)(H,23,25,30)/t17-/m0/s1. The predicted octanol–water partition coefficient (Wildman–Crippen LogP) is 2.74. The van der Waals surface area contributed by atoms with Crippen molar-refractivity contribution in [3.8, 4) is 5.75 Å². The van der Waals surface area contributed by atoms with Gasteiger partial charge in [0.25, 0.3) is 5.91 Å². The van der Waals surface area contributed by atoms with Crippen LogP contribution in [0.2, 0.25) is 0 Å². The van der Waals surface area contributed by atoms with Crippen LogP contribution in [0.15, 0.2) is 42.1 Å². The molecule has 12 heteroatoms. The Morgan fingerprint density at radius 3 is 2.62 bits per heavy atom. The van der Waals surface area contributed by atoms with E-state index in [1.165, 1.54) is 23.1 Å². The van der Waals surface area contributed by atoms with E-state index < -0.39 is 6.04 Å². The number of benzene rings is 1. The van der Waals surface area contributed by atoms with Crippen LogP contribution in [0.25, 0.3) is 0 Å². The van der Waals surface area contributed by atoms with Gasteiger partial charge in [-0.3, -0.25) is 9.59 Å². The third-order valence-electron chi connectivity index (χ3n) is 4.82. The molecule has 2 amide bonds. The maximum absolute atomic E-state index is 12.7. The normalized spacial score (nSPS) is 11.6. The molecule has 0 bridgehead atoms. The van der Waals surface area contributed by atoms with Crippen molar-refractivity contribution in [2.24, 2.45) is 0 Å². The van der Waals surface area contributed by atoms with Crippen molar-refractivity contribution >= 4 is 40.0 Å². The van der Waals surface area contributed by atoms with Crippen molar-refractivity contribution in [2.45, 2.75) is 31.6 Å². The molecule has 0 spiro atoms. The first-order valence-corrected chi connectivity index (χ1v) is 12.1. The molecular formula is C22H26N6O4S2. The van der Waals surface area contributed by atoms with Gasteiger partial charge in [-0.05, 0) is 38.1 Å². The Labute approximate surface area is 205 Å². The molecule has 1 atom stereocenters. The first kappa shape index (κ1) is 25.4. The van der Waals surface area contributed by atoms with E-state index in [0.29, 0.717) is 34.0 Å². The molecule has 0 saturated carbocycles. The second-order valence-electron chi connectivity index (χ2n) is 7.17. The first-order chi connectivity index (χ1) is 16.4. The Morgan fingerprint density at radius 2 is 2.03 bits per heavy atom. The average Bonchev–Trinajstić information content (AvgIpc) is 3.37. The Hall–Kier alpha value is -3.22. The smallest absolute Gasteiger partial charge is 0.251 e. The molecule has 3 aromatic rings. The van der Waals surface area contributed by atoms with Gasteiger partial charge in [-0.2, -0.15) is 0 Å². The number of nitrogens with one attached hydrogen (secondary N) is 2. The maximum atomic E-state index is 12.7. The highest BCUT2D eigenvalue weighted by Crippen LogP contribution is 2.24. The van der Waals surface area contributed by atoms with Gasteiger partial charge < -0.3 is 25.0 Å². The van der Waals surface area contributed by atoms with Gasteiger partial charge in [-0.25, -0.2) is 4.98 Å². The number of rotatable bonds is 11. The van der Waals surface area contributed by atoms with Crippen LogP contribution in [0.4, 0.5) is 5.13 Å². The van der Waals surface area contributed by atoms with Crippen molar-refractivity contribution in [1.29, 1.82) is 0 Å². The Morgan fingerprint density at radius 1 is 1.29 bits per heavy atom. The number of hydrogen-bond acceptors (Lipinski definition) is 9. The molecular weight excluding hydrogens is 476 g/mol. The number of amides is 2. The van der Waals surface area contributed by atoms with Gasteiger partial charge >= 0.3 is 0 Å². The fourth-order valence-corrected chi connectivity index (χ4v) is 4.54. The number of ether oxygens (including phenoxy) is 1. The summed E-state index contributed by atoms with van der Waals surface area (Å²) in [5, 5.41) is 24.8. The number of aliphatic hydroxyl groups is 1. The topological polar surface area (TPSA) is 131 Å². The summed E-state index contributed by atoms with van der Waals surface area (Å²) in [5.41, 5.74) is 1.29. The zero-order valence-electron chi connectivity index (χ0n) is 19.1. The lowest BCUT2D eigenvalue weighted by atomic mass is 10.2. The Kier molecular flexibility index (Phi) is 8.79. The number of carbonyl (C=O) groups excluding carboxylic acids is 2. The van der Waals surface area contributed by atoms with Crippen molar-refractivity contribution in [3.05, 3.63) is 58.9 Å². The fourth-order valence-electron chi connectivity index (χ4n) is 2.95. The molecule has 34 heavy (non-hydrogen) atoms. The van der Waals surface area contributed by atoms with E-state index in [0.717, 1.165) is 10.6 Å². The summed E-state index contributed by atoms with van der Waals surface area (Å²) in [4.78, 5) is 30.4. The zero-order chi connectivity index (χ0) is 24.7. The fraction of sp³-hybridized carbons (Fsp3) is 0.318. The molecule has 0 radical (unpaired) electrons. The minimum absolute atomic E-state index is 0.0922. The number of methoxy groups -OCH3 is 1. The van der Waals surface area contributed by atoms with E-state index in [-0.39, 0.29) is 24.2 Å². The number of nitrogens with zero attached hydrogens (tertiary/aromatic N) is 4. The van der Waals surface area contributed by atoms with E-state index in [1.807, 2.05) is 13.8 Å². The third kappa shape index (κ3) is 6.22. The quantitative estimate of drug-likeness (QED) is 0.269. The highest BCUT2D eigenvalue weighted by atomic mass is 32.2. The van der Waals surface area contributed by atoms with Gasteiger partial charge in [-0.15, -0.1) is 28.1 Å². The summed E-state index contributed by atoms with van der Waals surface area (Å²) >= 11 is 2.61. The summed E-state index contributed by atoms with van der Waals surface area (Å²) in [6.45, 7) is 7.55. The molecule has 3 rings (SSSR count). The van der Waals surface area contributed by atoms with Gasteiger partial charge in [-0.1, -0.05) is 17.8 Å². The lowest BCUT2D eigenvalue weighted by Crippen LogP contribution is -2.33. The van der Waals surface area contributed by atoms with Crippen LogP contribution in [0, 0.1) is 13.8 Å². The predicted molar refractivity (Wildman–Crippen MR) is 131 cm³/mol. The van der Waals surface area contributed by atoms with E-state index in [9.17, 15) is 14.7 Å². The molecule has 0 aliphatic rings. The molecule has 0 aliphatic heterocycles. The van der Waals surface area contributed by atoms with Gasteiger partial charge in [0.05, 0.1) is 25.2 Å². The van der Waals surface area contributed by atoms with E-state index in [4.69, 9.17) is 4.74 Å². The summed E-state index contributed by atoms with van der Waals surface area (Å²) < 4.78 is 6.81. The SMILES string of the molecule is C=CCn1c(SCC(=O)Nc2nc(C)c(C)s2)nnc1[C@H](CO)NC(=O)c1ccc(OC)cc1. The van der Waals surface area contributed by atoms with Crippen LogP contribution in [0.5, 0.6) is 5.75 Å². The summed E-state index contributed by atoms with van der Waals surface area (Å²) in [6, 6.07) is 5.81. The maximum Gasteiger partial charge on any atom is 0.251 e. The van der Waals surface area contributed by atoms with Crippen molar-refractivity contribution in [2.75, 3.05) is 24.8 Å². The van der Waals surface area contributed by atoms with Crippen LogP contribution in [-0.4, -0.2) is 56.1 Å². The van der Waals surface area contributed by atoms with Gasteiger partial charge in [0, 0.05) is 17.0 Å². The van der Waals surface area contributed by atoms with E-state index in [1.54, 1.807) is 42.0 Å². The van der Waals surface area contributed by atoms with Crippen LogP contribution in [-0.2, 0) is 11.3 Å². The number of carbonyl (C=O) groups is 2. The van der Waals surface area contributed by atoms with E-state index >= 15 is 0 Å². The summed E-state index contributed by atoms with van der Waals surface area (Å²) in [7, 11) is 1.55. The minimum Gasteiger partial charge on any atom is -0.497 e. The summed E-state index contributed by atoms with van der Waals surface area (Å²) in [6.07, 6.45) is 1.65. The molecule has 0 saturated heterocycles. The van der Waals surface area contributed by atoms with Crippen molar-refractivity contribution in [1.82, 2.24) is 25.1 Å². The molecule has 1 aromatic carbocycles. The van der Waals surface area contributed by atoms with Crippen molar-refractivity contribution < 1.29 is 19.4 Å². The molecule has 0 aliphatic carbocycles. The number of thiazole rings is 1. The van der Waals surface area contributed by atoms with Crippen LogP contribution < -0.4 is 15.4 Å². The number of hydrogen-bond donors (Lipinski definition) is 3. The lowest BCUT2D eigenvalue weighted by molar-refractivity contribution is -0.113. The number of allylic oxidation sites excluding steroid dienone is 1. The Balaban J connectivity index is 1.69. The lowest BCUT2D eigenvalue weighted by Gasteiger charge is -2.17. The number of aryl methyl sites for hydroxylation is 2. The molecule has 2 aromatic heterocycles. The average molecular weight is 503 g/mol. The highest BCUT2D eigenvalue weighted by molar-refractivity contribution is 7.99. The Bertz CT molecular complexity index is 1140. The first-order valence-electron chi connectivity index (χ1n) is 10.3. The number of thioether (sulfide) groups is 1. The second-order valence-corrected chi connectivity index (χ2v) is 9.32. The largest absolute Gasteiger partial charge is 0.497 e. The van der Waals surface area contributed by atoms with Crippen LogP contribution in [0.3, 0.4) is 0 Å². The van der Waals surface area contributed by atoms with E-state index in [2.05, 4.69) is 32.4 Å². The molecule has 0 unspecified atom stereocenters.